The number of phenols is 1. The van der Waals surface area contributed by atoms with Crippen molar-refractivity contribution in [3.8, 4) is 11.5 Å². The highest BCUT2D eigenvalue weighted by Gasteiger charge is 2.10. The first-order valence-electron chi connectivity index (χ1n) is 6.44. The van der Waals surface area contributed by atoms with Gasteiger partial charge in [0.1, 0.15) is 11.5 Å². The van der Waals surface area contributed by atoms with Crippen LogP contribution in [0.4, 0.5) is 5.69 Å². The Hall–Kier alpha value is -2.49. The minimum Gasteiger partial charge on any atom is -0.508 e. The van der Waals surface area contributed by atoms with Gasteiger partial charge in [0.2, 0.25) is 0 Å². The van der Waals surface area contributed by atoms with Gasteiger partial charge in [-0.15, -0.1) is 0 Å². The normalized spacial score (nSPS) is 10.1. The van der Waals surface area contributed by atoms with Gasteiger partial charge in [-0.25, -0.2) is 0 Å². The summed E-state index contributed by atoms with van der Waals surface area (Å²) in [5.74, 6) is 0.654. The summed E-state index contributed by atoms with van der Waals surface area (Å²) in [5.41, 5.74) is 1.93. The molecule has 0 bridgehead atoms. The SMILES string of the molecule is CCOc1cccc(NC(=O)c2ccc(O)cc2C)c1. The zero-order chi connectivity index (χ0) is 14.5. The second-order valence-corrected chi connectivity index (χ2v) is 4.41. The van der Waals surface area contributed by atoms with Gasteiger partial charge < -0.3 is 15.2 Å². The quantitative estimate of drug-likeness (QED) is 0.896. The summed E-state index contributed by atoms with van der Waals surface area (Å²) in [7, 11) is 0. The van der Waals surface area contributed by atoms with Crippen molar-refractivity contribution < 1.29 is 14.6 Å². The standard InChI is InChI=1S/C16H17NO3/c1-3-20-14-6-4-5-12(10-14)17-16(19)15-8-7-13(18)9-11(15)2/h4-10,18H,3H2,1-2H3,(H,17,19). The Balaban J connectivity index is 2.17. The van der Waals surface area contributed by atoms with E-state index in [1.165, 1.54) is 6.07 Å². The summed E-state index contributed by atoms with van der Waals surface area (Å²) in [4.78, 5) is 12.2. The zero-order valence-electron chi connectivity index (χ0n) is 11.5. The molecule has 0 fully saturated rings. The number of carbonyl (C=O) groups is 1. The van der Waals surface area contributed by atoms with E-state index in [4.69, 9.17) is 4.74 Å². The number of phenolic OH excluding ortho intramolecular Hbond substituents is 1. The molecular formula is C16H17NO3. The molecule has 2 aromatic rings. The van der Waals surface area contributed by atoms with Crippen molar-refractivity contribution in [3.05, 3.63) is 53.6 Å². The van der Waals surface area contributed by atoms with Crippen molar-refractivity contribution in [2.75, 3.05) is 11.9 Å². The van der Waals surface area contributed by atoms with Crippen LogP contribution in [0.15, 0.2) is 42.5 Å². The number of rotatable bonds is 4. The largest absolute Gasteiger partial charge is 0.508 e. The lowest BCUT2D eigenvalue weighted by Gasteiger charge is -2.09. The van der Waals surface area contributed by atoms with Gasteiger partial charge in [-0.2, -0.15) is 0 Å². The topological polar surface area (TPSA) is 58.6 Å². The van der Waals surface area contributed by atoms with E-state index in [1.807, 2.05) is 19.1 Å². The van der Waals surface area contributed by atoms with E-state index in [9.17, 15) is 9.90 Å². The first kappa shape index (κ1) is 13.9. The summed E-state index contributed by atoms with van der Waals surface area (Å²) in [6.45, 7) is 4.27. The highest BCUT2D eigenvalue weighted by molar-refractivity contribution is 6.05. The van der Waals surface area contributed by atoms with Crippen LogP contribution in [0.5, 0.6) is 11.5 Å². The molecule has 0 saturated heterocycles. The van der Waals surface area contributed by atoms with Gasteiger partial charge in [0.05, 0.1) is 6.61 Å². The van der Waals surface area contributed by atoms with Crippen LogP contribution in [0.25, 0.3) is 0 Å². The fraction of sp³-hybridized carbons (Fsp3) is 0.188. The van der Waals surface area contributed by atoms with Crippen molar-refractivity contribution in [1.29, 1.82) is 0 Å². The maximum Gasteiger partial charge on any atom is 0.255 e. The predicted molar refractivity (Wildman–Crippen MR) is 78.4 cm³/mol. The average molecular weight is 271 g/mol. The minimum absolute atomic E-state index is 0.150. The smallest absolute Gasteiger partial charge is 0.255 e. The van der Waals surface area contributed by atoms with E-state index in [2.05, 4.69) is 5.32 Å². The monoisotopic (exact) mass is 271 g/mol. The van der Waals surface area contributed by atoms with Crippen LogP contribution in [0.2, 0.25) is 0 Å². The highest BCUT2D eigenvalue weighted by atomic mass is 16.5. The molecule has 0 aliphatic rings. The van der Waals surface area contributed by atoms with Crippen LogP contribution in [0, 0.1) is 6.92 Å². The van der Waals surface area contributed by atoms with Crippen LogP contribution in [0.3, 0.4) is 0 Å². The lowest BCUT2D eigenvalue weighted by Crippen LogP contribution is -2.13. The summed E-state index contributed by atoms with van der Waals surface area (Å²) in [6, 6.07) is 11.9. The third-order valence-corrected chi connectivity index (χ3v) is 2.86. The molecular weight excluding hydrogens is 254 g/mol. The molecule has 0 spiro atoms. The van der Waals surface area contributed by atoms with Crippen molar-refractivity contribution in [1.82, 2.24) is 0 Å². The third kappa shape index (κ3) is 3.29. The molecule has 0 radical (unpaired) electrons. The molecule has 1 amide bonds. The maximum atomic E-state index is 12.2. The summed E-state index contributed by atoms with van der Waals surface area (Å²) in [5, 5.41) is 12.2. The van der Waals surface area contributed by atoms with Crippen LogP contribution in [-0.4, -0.2) is 17.6 Å². The van der Waals surface area contributed by atoms with Crippen LogP contribution >= 0.6 is 0 Å². The van der Waals surface area contributed by atoms with Gasteiger partial charge in [0.15, 0.2) is 0 Å². The predicted octanol–water partition coefficient (Wildman–Crippen LogP) is 3.35. The zero-order valence-corrected chi connectivity index (χ0v) is 11.5. The van der Waals surface area contributed by atoms with Crippen molar-refractivity contribution in [2.24, 2.45) is 0 Å². The molecule has 0 heterocycles. The second kappa shape index (κ2) is 6.10. The molecule has 4 heteroatoms. The molecule has 2 rings (SSSR count). The maximum absolute atomic E-state index is 12.2. The fourth-order valence-electron chi connectivity index (χ4n) is 1.93. The third-order valence-electron chi connectivity index (χ3n) is 2.86. The van der Waals surface area contributed by atoms with Gasteiger partial charge >= 0.3 is 0 Å². The first-order valence-corrected chi connectivity index (χ1v) is 6.44. The molecule has 4 nitrogen and oxygen atoms in total. The highest BCUT2D eigenvalue weighted by Crippen LogP contribution is 2.20. The number of benzene rings is 2. The lowest BCUT2D eigenvalue weighted by molar-refractivity contribution is 0.102. The van der Waals surface area contributed by atoms with E-state index in [1.54, 1.807) is 31.2 Å². The number of carbonyl (C=O) groups excluding carboxylic acids is 1. The summed E-state index contributed by atoms with van der Waals surface area (Å²) in [6.07, 6.45) is 0. The van der Waals surface area contributed by atoms with Gasteiger partial charge in [-0.3, -0.25) is 4.79 Å². The van der Waals surface area contributed by atoms with Gasteiger partial charge in [0.25, 0.3) is 5.91 Å². The molecule has 0 unspecified atom stereocenters. The molecule has 2 N–H and O–H groups in total. The van der Waals surface area contributed by atoms with E-state index >= 15 is 0 Å². The minimum atomic E-state index is -0.212. The van der Waals surface area contributed by atoms with Gasteiger partial charge in [-0.1, -0.05) is 6.07 Å². The number of amides is 1. The van der Waals surface area contributed by atoms with Gasteiger partial charge in [-0.05, 0) is 49.7 Å². The molecule has 0 atom stereocenters. The summed E-state index contributed by atoms with van der Waals surface area (Å²) >= 11 is 0. The molecule has 20 heavy (non-hydrogen) atoms. The number of aryl methyl sites for hydroxylation is 1. The molecule has 104 valence electrons. The average Bonchev–Trinajstić information content (AvgIpc) is 2.39. The Labute approximate surface area is 118 Å². The Morgan fingerprint density at radius 1 is 1.25 bits per heavy atom. The van der Waals surface area contributed by atoms with Crippen molar-refractivity contribution in [2.45, 2.75) is 13.8 Å². The van der Waals surface area contributed by atoms with Crippen LogP contribution in [-0.2, 0) is 0 Å². The Kier molecular flexibility index (Phi) is 4.25. The number of ether oxygens (including phenoxy) is 1. The molecule has 0 aliphatic carbocycles. The van der Waals surface area contributed by atoms with E-state index in [-0.39, 0.29) is 11.7 Å². The van der Waals surface area contributed by atoms with Crippen LogP contribution < -0.4 is 10.1 Å². The Bertz CT molecular complexity index is 623. The van der Waals surface area contributed by atoms with E-state index < -0.39 is 0 Å². The lowest BCUT2D eigenvalue weighted by atomic mass is 10.1. The number of hydrogen-bond acceptors (Lipinski definition) is 3. The molecule has 0 aliphatic heterocycles. The number of anilines is 1. The van der Waals surface area contributed by atoms with Crippen molar-refractivity contribution >= 4 is 11.6 Å². The fourth-order valence-corrected chi connectivity index (χ4v) is 1.93. The van der Waals surface area contributed by atoms with E-state index in [0.717, 1.165) is 5.56 Å². The molecule has 0 saturated carbocycles. The number of aromatic hydroxyl groups is 1. The Morgan fingerprint density at radius 2 is 2.05 bits per heavy atom. The molecule has 0 aromatic heterocycles. The van der Waals surface area contributed by atoms with Crippen LogP contribution in [0.1, 0.15) is 22.8 Å². The van der Waals surface area contributed by atoms with Gasteiger partial charge in [0, 0.05) is 17.3 Å². The first-order chi connectivity index (χ1) is 9.60. The second-order valence-electron chi connectivity index (χ2n) is 4.41. The summed E-state index contributed by atoms with van der Waals surface area (Å²) < 4.78 is 5.39. The van der Waals surface area contributed by atoms with E-state index in [0.29, 0.717) is 23.6 Å². The number of hydrogen-bond donors (Lipinski definition) is 2. The Morgan fingerprint density at radius 3 is 2.75 bits per heavy atom. The molecule has 2 aromatic carbocycles. The number of nitrogens with one attached hydrogen (secondary N) is 1. The van der Waals surface area contributed by atoms with Crippen molar-refractivity contribution in [3.63, 3.8) is 0 Å².